The second-order valence-corrected chi connectivity index (χ2v) is 4.50. The Bertz CT molecular complexity index is 576. The number of halogens is 2. The first kappa shape index (κ1) is 13.6. The van der Waals surface area contributed by atoms with E-state index >= 15 is 0 Å². The van der Waals surface area contributed by atoms with Gasteiger partial charge in [0, 0.05) is 17.3 Å². The molecule has 98 valence electrons. The van der Waals surface area contributed by atoms with Crippen molar-refractivity contribution < 1.29 is 9.53 Å². The number of pyridine rings is 1. The molecule has 0 fully saturated rings. The van der Waals surface area contributed by atoms with Gasteiger partial charge in [0.05, 0.1) is 16.9 Å². The summed E-state index contributed by atoms with van der Waals surface area (Å²) in [6.45, 7) is -0.158. The third-order valence-corrected chi connectivity index (χ3v) is 2.74. The van der Waals surface area contributed by atoms with Crippen LogP contribution in [0.1, 0.15) is 0 Å². The number of nitrogens with one attached hydrogen (secondary N) is 1. The number of nitrogens with zero attached hydrogens (tertiary/aromatic N) is 1. The van der Waals surface area contributed by atoms with Crippen molar-refractivity contribution in [3.8, 4) is 5.75 Å². The lowest BCUT2D eigenvalue weighted by Crippen LogP contribution is -2.20. The molecule has 1 aromatic heterocycles. The van der Waals surface area contributed by atoms with Crippen LogP contribution in [-0.4, -0.2) is 17.5 Å². The van der Waals surface area contributed by atoms with Crippen molar-refractivity contribution in [2.75, 3.05) is 11.9 Å². The zero-order chi connectivity index (χ0) is 13.7. The second-order valence-electron chi connectivity index (χ2n) is 3.65. The Kier molecular flexibility index (Phi) is 4.60. The van der Waals surface area contributed by atoms with Crippen molar-refractivity contribution in [2.45, 2.75) is 0 Å². The predicted octanol–water partition coefficient (Wildman–Crippen LogP) is 3.41. The van der Waals surface area contributed by atoms with E-state index in [1.807, 2.05) is 0 Å². The van der Waals surface area contributed by atoms with Crippen molar-refractivity contribution in [3.63, 3.8) is 0 Å². The molecule has 1 amide bonds. The smallest absolute Gasteiger partial charge is 0.262 e. The number of carbonyl (C=O) groups is 1. The summed E-state index contributed by atoms with van der Waals surface area (Å²) in [5.74, 6) is 0.0690. The van der Waals surface area contributed by atoms with E-state index in [0.29, 0.717) is 21.5 Å². The molecule has 19 heavy (non-hydrogen) atoms. The highest BCUT2D eigenvalue weighted by molar-refractivity contribution is 6.34. The zero-order valence-corrected chi connectivity index (χ0v) is 11.3. The highest BCUT2D eigenvalue weighted by atomic mass is 35.5. The van der Waals surface area contributed by atoms with Gasteiger partial charge in [-0.1, -0.05) is 23.2 Å². The molecule has 2 rings (SSSR count). The molecule has 6 heteroatoms. The molecule has 4 nitrogen and oxygen atoms in total. The van der Waals surface area contributed by atoms with E-state index in [4.69, 9.17) is 27.9 Å². The minimum absolute atomic E-state index is 0.158. The molecule has 0 spiro atoms. The van der Waals surface area contributed by atoms with Crippen LogP contribution in [0.4, 0.5) is 5.69 Å². The lowest BCUT2D eigenvalue weighted by molar-refractivity contribution is -0.118. The summed E-state index contributed by atoms with van der Waals surface area (Å²) in [7, 11) is 0. The number of carbonyl (C=O) groups excluding carboxylic acids is 1. The van der Waals surface area contributed by atoms with E-state index < -0.39 is 0 Å². The number of aromatic nitrogens is 1. The van der Waals surface area contributed by atoms with Gasteiger partial charge in [0.15, 0.2) is 6.61 Å². The van der Waals surface area contributed by atoms with Crippen LogP contribution < -0.4 is 10.1 Å². The Morgan fingerprint density at radius 3 is 2.89 bits per heavy atom. The highest BCUT2D eigenvalue weighted by Gasteiger charge is 2.07. The number of benzene rings is 1. The minimum atomic E-state index is -0.302. The molecular weight excluding hydrogens is 287 g/mol. The molecule has 0 radical (unpaired) electrons. The molecule has 0 aliphatic carbocycles. The molecule has 0 saturated heterocycles. The van der Waals surface area contributed by atoms with Crippen molar-refractivity contribution in [2.24, 2.45) is 0 Å². The highest BCUT2D eigenvalue weighted by Crippen LogP contribution is 2.27. The molecule has 0 atom stereocenters. The lowest BCUT2D eigenvalue weighted by Gasteiger charge is -2.08. The van der Waals surface area contributed by atoms with Gasteiger partial charge in [-0.3, -0.25) is 9.78 Å². The molecular formula is C13H10Cl2N2O2. The number of rotatable bonds is 4. The molecule has 1 aromatic carbocycles. The van der Waals surface area contributed by atoms with Crippen LogP contribution in [0.25, 0.3) is 0 Å². The first-order valence-corrected chi connectivity index (χ1v) is 6.18. The summed E-state index contributed by atoms with van der Waals surface area (Å²) < 4.78 is 5.30. The maximum Gasteiger partial charge on any atom is 0.262 e. The Morgan fingerprint density at radius 2 is 2.16 bits per heavy atom. The third kappa shape index (κ3) is 4.12. The predicted molar refractivity (Wildman–Crippen MR) is 74.8 cm³/mol. The van der Waals surface area contributed by atoms with Crippen LogP contribution in [0.2, 0.25) is 10.0 Å². The van der Waals surface area contributed by atoms with E-state index in [9.17, 15) is 4.79 Å². The molecule has 1 heterocycles. The van der Waals surface area contributed by atoms with Gasteiger partial charge in [-0.2, -0.15) is 0 Å². The second kappa shape index (κ2) is 6.41. The van der Waals surface area contributed by atoms with Gasteiger partial charge in [0.25, 0.3) is 5.91 Å². The SMILES string of the molecule is O=C(COc1cc(Cl)ccc1Cl)Nc1cccnc1. The van der Waals surface area contributed by atoms with Crippen LogP contribution in [0.3, 0.4) is 0 Å². The van der Waals surface area contributed by atoms with E-state index in [1.165, 1.54) is 0 Å². The number of hydrogen-bond acceptors (Lipinski definition) is 3. The number of anilines is 1. The van der Waals surface area contributed by atoms with Gasteiger partial charge in [0.2, 0.25) is 0 Å². The van der Waals surface area contributed by atoms with Crippen LogP contribution in [0.15, 0.2) is 42.7 Å². The van der Waals surface area contributed by atoms with E-state index in [0.717, 1.165) is 0 Å². The molecule has 0 aliphatic rings. The maximum absolute atomic E-state index is 11.6. The van der Waals surface area contributed by atoms with Gasteiger partial charge in [0.1, 0.15) is 5.75 Å². The Morgan fingerprint density at radius 1 is 1.32 bits per heavy atom. The average molecular weight is 297 g/mol. The summed E-state index contributed by atoms with van der Waals surface area (Å²) in [5.41, 5.74) is 0.605. The third-order valence-electron chi connectivity index (χ3n) is 2.20. The molecule has 2 aromatic rings. The molecule has 0 aliphatic heterocycles. The van der Waals surface area contributed by atoms with Crippen LogP contribution in [0.5, 0.6) is 5.75 Å². The topological polar surface area (TPSA) is 51.2 Å². The van der Waals surface area contributed by atoms with Gasteiger partial charge in [-0.15, -0.1) is 0 Å². The fraction of sp³-hybridized carbons (Fsp3) is 0.0769. The van der Waals surface area contributed by atoms with E-state index in [-0.39, 0.29) is 12.5 Å². The summed E-state index contributed by atoms with van der Waals surface area (Å²) in [4.78, 5) is 15.5. The van der Waals surface area contributed by atoms with Crippen molar-refractivity contribution >= 4 is 34.8 Å². The van der Waals surface area contributed by atoms with E-state index in [1.54, 1.807) is 42.7 Å². The molecule has 0 bridgehead atoms. The van der Waals surface area contributed by atoms with Crippen LogP contribution in [-0.2, 0) is 4.79 Å². The summed E-state index contributed by atoms with van der Waals surface area (Å²) in [6.07, 6.45) is 3.17. The van der Waals surface area contributed by atoms with Gasteiger partial charge < -0.3 is 10.1 Å². The fourth-order valence-corrected chi connectivity index (χ4v) is 1.70. The summed E-state index contributed by atoms with van der Waals surface area (Å²) >= 11 is 11.7. The fourth-order valence-electron chi connectivity index (χ4n) is 1.36. The Labute approximate surface area is 120 Å². The summed E-state index contributed by atoms with van der Waals surface area (Å²) in [6, 6.07) is 8.27. The first-order valence-electron chi connectivity index (χ1n) is 5.43. The normalized spacial score (nSPS) is 10.0. The largest absolute Gasteiger partial charge is 0.482 e. The molecule has 1 N–H and O–H groups in total. The lowest BCUT2D eigenvalue weighted by atomic mass is 10.3. The van der Waals surface area contributed by atoms with Crippen molar-refractivity contribution in [1.82, 2.24) is 4.98 Å². The number of amides is 1. The number of ether oxygens (including phenoxy) is 1. The minimum Gasteiger partial charge on any atom is -0.482 e. The van der Waals surface area contributed by atoms with Crippen molar-refractivity contribution in [3.05, 3.63) is 52.8 Å². The quantitative estimate of drug-likeness (QED) is 0.941. The number of hydrogen-bond donors (Lipinski definition) is 1. The first-order chi connectivity index (χ1) is 9.15. The maximum atomic E-state index is 11.6. The zero-order valence-electron chi connectivity index (χ0n) is 9.77. The Balaban J connectivity index is 1.92. The average Bonchev–Trinajstić information content (AvgIpc) is 2.41. The Hall–Kier alpha value is -1.78. The summed E-state index contributed by atoms with van der Waals surface area (Å²) in [5, 5.41) is 3.54. The van der Waals surface area contributed by atoms with E-state index in [2.05, 4.69) is 10.3 Å². The molecule has 0 saturated carbocycles. The van der Waals surface area contributed by atoms with Gasteiger partial charge >= 0.3 is 0 Å². The van der Waals surface area contributed by atoms with Crippen LogP contribution in [0, 0.1) is 0 Å². The van der Waals surface area contributed by atoms with Gasteiger partial charge in [-0.05, 0) is 24.3 Å². The van der Waals surface area contributed by atoms with Crippen LogP contribution >= 0.6 is 23.2 Å². The van der Waals surface area contributed by atoms with Crippen molar-refractivity contribution in [1.29, 1.82) is 0 Å². The monoisotopic (exact) mass is 296 g/mol. The van der Waals surface area contributed by atoms with Gasteiger partial charge in [-0.25, -0.2) is 0 Å². The molecule has 0 unspecified atom stereocenters. The standard InChI is InChI=1S/C13H10Cl2N2O2/c14-9-3-4-11(15)12(6-9)19-8-13(18)17-10-2-1-5-16-7-10/h1-7H,8H2,(H,17,18).